The van der Waals surface area contributed by atoms with Crippen LogP contribution in [0, 0.1) is 0 Å². The summed E-state index contributed by atoms with van der Waals surface area (Å²) in [4.78, 5) is 20.1. The molecule has 5 heteroatoms. The second-order valence-electron chi connectivity index (χ2n) is 4.66. The van der Waals surface area contributed by atoms with Crippen LogP contribution < -0.4 is 4.31 Å². The minimum absolute atomic E-state index is 0.116. The van der Waals surface area contributed by atoms with Gasteiger partial charge >= 0.3 is 0 Å². The fourth-order valence-electron chi connectivity index (χ4n) is 1.92. The van der Waals surface area contributed by atoms with Gasteiger partial charge in [-0.1, -0.05) is 12.8 Å². The third kappa shape index (κ3) is 3.98. The second kappa shape index (κ2) is 7.13. The van der Waals surface area contributed by atoms with Crippen molar-refractivity contribution in [3.63, 3.8) is 0 Å². The minimum Gasteiger partial charge on any atom is -0.315 e. The van der Waals surface area contributed by atoms with Crippen LogP contribution in [0.3, 0.4) is 0 Å². The molecule has 0 aliphatic carbocycles. The van der Waals surface area contributed by atoms with Gasteiger partial charge in [-0.25, -0.2) is 0 Å². The van der Waals surface area contributed by atoms with Crippen molar-refractivity contribution in [2.75, 3.05) is 10.6 Å². The molecule has 1 atom stereocenters. The van der Waals surface area contributed by atoms with Crippen LogP contribution in [0.25, 0.3) is 0 Å². The van der Waals surface area contributed by atoms with Gasteiger partial charge in [0.05, 0.1) is 24.1 Å². The van der Waals surface area contributed by atoms with E-state index in [-0.39, 0.29) is 16.5 Å². The first-order valence-corrected chi connectivity index (χ1v) is 8.49. The van der Waals surface area contributed by atoms with E-state index in [1.807, 2.05) is 37.4 Å². The third-order valence-corrected chi connectivity index (χ3v) is 4.18. The Kier molecular flexibility index (Phi) is 5.22. The van der Waals surface area contributed by atoms with Gasteiger partial charge in [0.15, 0.2) is 5.78 Å². The topological polar surface area (TPSA) is 46.1 Å². The number of hydrogen-bond acceptors (Lipinski definition) is 4. The van der Waals surface area contributed by atoms with Crippen molar-refractivity contribution in [2.45, 2.75) is 19.9 Å². The first-order valence-electron chi connectivity index (χ1n) is 6.73. The Balaban J connectivity index is 2.18. The summed E-state index contributed by atoms with van der Waals surface area (Å²) in [7, 11) is -0.184. The summed E-state index contributed by atoms with van der Waals surface area (Å²) < 4.78 is 2.15. The second-order valence-corrected chi connectivity index (χ2v) is 6.30. The Morgan fingerprint density at radius 1 is 1.33 bits per heavy atom. The molecule has 0 amide bonds. The van der Waals surface area contributed by atoms with E-state index in [4.69, 9.17) is 0 Å². The minimum atomic E-state index is -0.184. The van der Waals surface area contributed by atoms with Crippen LogP contribution in [0.15, 0.2) is 42.9 Å². The average molecular weight is 301 g/mol. The van der Waals surface area contributed by atoms with Crippen molar-refractivity contribution in [2.24, 2.45) is 0 Å². The van der Waals surface area contributed by atoms with E-state index in [2.05, 4.69) is 26.4 Å². The maximum atomic E-state index is 11.6. The lowest BCUT2D eigenvalue weighted by Gasteiger charge is -2.24. The van der Waals surface area contributed by atoms with Gasteiger partial charge in [-0.15, -0.1) is 10.7 Å². The molecule has 21 heavy (non-hydrogen) atoms. The number of hydrogen-bond donors (Lipinski definition) is 0. The molecule has 0 bridgehead atoms. The number of Topliss-reactive ketones (excluding diaryl/α,β-unsaturated/α-hetero) is 1. The van der Waals surface area contributed by atoms with Crippen LogP contribution in [0.1, 0.15) is 29.4 Å². The lowest BCUT2D eigenvalue weighted by molar-refractivity contribution is 0.0988. The molecule has 2 rings (SSSR count). The molecule has 0 saturated carbocycles. The van der Waals surface area contributed by atoms with Crippen LogP contribution in [-0.2, 0) is 6.54 Å². The zero-order valence-corrected chi connectivity index (χ0v) is 13.1. The predicted octanol–water partition coefficient (Wildman–Crippen LogP) is 3.32. The Bertz CT molecular complexity index is 626. The van der Waals surface area contributed by atoms with Crippen molar-refractivity contribution >= 4 is 28.0 Å². The fourth-order valence-corrected chi connectivity index (χ4v) is 2.74. The molecule has 0 radical (unpaired) electrons. The fraction of sp³-hybridized carbons (Fsp3) is 0.250. The van der Waals surface area contributed by atoms with Crippen molar-refractivity contribution in [1.29, 1.82) is 0 Å². The van der Waals surface area contributed by atoms with Crippen LogP contribution in [-0.4, -0.2) is 27.9 Å². The Labute approximate surface area is 127 Å². The van der Waals surface area contributed by atoms with E-state index >= 15 is 0 Å². The van der Waals surface area contributed by atoms with Gasteiger partial charge in [0, 0.05) is 24.4 Å². The zero-order chi connectivity index (χ0) is 15.2. The van der Waals surface area contributed by atoms with Gasteiger partial charge in [0.25, 0.3) is 0 Å². The molecular formula is C16H19N3OS. The van der Waals surface area contributed by atoms with E-state index in [0.717, 1.165) is 11.4 Å². The van der Waals surface area contributed by atoms with Gasteiger partial charge in [-0.2, -0.15) is 0 Å². The molecule has 4 nitrogen and oxygen atoms in total. The van der Waals surface area contributed by atoms with Crippen LogP contribution in [0.2, 0.25) is 0 Å². The molecule has 2 aromatic heterocycles. The van der Waals surface area contributed by atoms with Crippen LogP contribution in [0.4, 0.5) is 5.69 Å². The lowest BCUT2D eigenvalue weighted by Crippen LogP contribution is -2.16. The normalized spacial score (nSPS) is 11.9. The van der Waals surface area contributed by atoms with Crippen LogP contribution in [0.5, 0.6) is 0 Å². The van der Waals surface area contributed by atoms with Gasteiger partial charge in [0.1, 0.15) is 0 Å². The molecule has 1 unspecified atom stereocenters. The molecule has 0 N–H and O–H groups in total. The standard InChI is InChI=1S/C16H19N3OS/c1-4-16(20)13-7-8-14(18-10-13)12-19(21(2)3)15-6-5-9-17-11-15/h5-11H,2,4,12H2,1,3H3. The summed E-state index contributed by atoms with van der Waals surface area (Å²) in [5.74, 6) is 4.23. The number of nitrogens with zero attached hydrogens (tertiary/aromatic N) is 3. The number of carbonyl (C=O) groups excluding carboxylic acids is 1. The summed E-state index contributed by atoms with van der Waals surface area (Å²) in [6, 6.07) is 7.66. The van der Waals surface area contributed by atoms with E-state index < -0.39 is 0 Å². The highest BCUT2D eigenvalue weighted by Gasteiger charge is 2.10. The first-order chi connectivity index (χ1) is 10.1. The molecule has 0 aliphatic rings. The maximum absolute atomic E-state index is 11.6. The monoisotopic (exact) mass is 301 g/mol. The largest absolute Gasteiger partial charge is 0.315 e. The molecule has 0 saturated heterocycles. The molecule has 2 heterocycles. The molecular weight excluding hydrogens is 282 g/mol. The van der Waals surface area contributed by atoms with E-state index in [0.29, 0.717) is 18.5 Å². The lowest BCUT2D eigenvalue weighted by atomic mass is 10.1. The molecule has 110 valence electrons. The molecule has 0 fully saturated rings. The number of ketones is 1. The van der Waals surface area contributed by atoms with Gasteiger partial charge in [-0.05, 0) is 30.5 Å². The van der Waals surface area contributed by atoms with Crippen molar-refractivity contribution in [1.82, 2.24) is 9.97 Å². The Morgan fingerprint density at radius 2 is 2.14 bits per heavy atom. The molecule has 0 spiro atoms. The summed E-state index contributed by atoms with van der Waals surface area (Å²) in [6.45, 7) is 2.50. The summed E-state index contributed by atoms with van der Waals surface area (Å²) in [5.41, 5.74) is 2.60. The van der Waals surface area contributed by atoms with Gasteiger partial charge < -0.3 is 4.31 Å². The third-order valence-electron chi connectivity index (χ3n) is 3.08. The van der Waals surface area contributed by atoms with Crippen molar-refractivity contribution in [3.8, 4) is 0 Å². The van der Waals surface area contributed by atoms with E-state index in [9.17, 15) is 4.79 Å². The number of rotatable bonds is 6. The SMILES string of the molecule is C=S(C)N(Cc1ccc(C(=O)CC)cn1)c1cccnc1. The highest BCUT2D eigenvalue weighted by molar-refractivity contribution is 8.14. The highest BCUT2D eigenvalue weighted by Crippen LogP contribution is 2.25. The number of pyridine rings is 2. The maximum Gasteiger partial charge on any atom is 0.164 e. The van der Waals surface area contributed by atoms with Gasteiger partial charge in [-0.3, -0.25) is 14.8 Å². The van der Waals surface area contributed by atoms with E-state index in [1.165, 1.54) is 0 Å². The van der Waals surface area contributed by atoms with Gasteiger partial charge in [0.2, 0.25) is 0 Å². The first kappa shape index (κ1) is 15.4. The Hall–Kier alpha value is -2.01. The number of carbonyl (C=O) groups is 1. The quantitative estimate of drug-likeness (QED) is 0.606. The van der Waals surface area contributed by atoms with Crippen molar-refractivity contribution < 1.29 is 4.79 Å². The summed E-state index contributed by atoms with van der Waals surface area (Å²) in [5, 5.41) is 0. The van der Waals surface area contributed by atoms with Crippen molar-refractivity contribution in [3.05, 3.63) is 54.1 Å². The number of aromatic nitrogens is 2. The summed E-state index contributed by atoms with van der Waals surface area (Å²) >= 11 is 0. The zero-order valence-electron chi connectivity index (χ0n) is 12.3. The smallest absolute Gasteiger partial charge is 0.164 e. The van der Waals surface area contributed by atoms with Crippen LogP contribution >= 0.6 is 10.7 Å². The molecule has 0 aliphatic heterocycles. The summed E-state index contributed by atoms with van der Waals surface area (Å²) in [6.07, 6.45) is 7.78. The highest BCUT2D eigenvalue weighted by atomic mass is 32.2. The molecule has 0 aromatic carbocycles. The Morgan fingerprint density at radius 3 is 2.67 bits per heavy atom. The molecule has 2 aromatic rings. The van der Waals surface area contributed by atoms with E-state index in [1.54, 1.807) is 12.4 Å². The average Bonchev–Trinajstić information content (AvgIpc) is 2.53. The number of anilines is 1. The predicted molar refractivity (Wildman–Crippen MR) is 89.9 cm³/mol.